The lowest BCUT2D eigenvalue weighted by atomic mass is 10.2. The molecule has 2 aromatic carbocycles. The second kappa shape index (κ2) is 7.95. The van der Waals surface area contributed by atoms with Crippen molar-refractivity contribution in [1.29, 1.82) is 0 Å². The molecule has 0 saturated heterocycles. The largest absolute Gasteiger partial charge is 0.496 e. The molecule has 0 fully saturated rings. The van der Waals surface area contributed by atoms with Crippen LogP contribution in [-0.2, 0) is 4.79 Å². The topological polar surface area (TPSA) is 90.7 Å². The molecule has 0 heterocycles. The predicted molar refractivity (Wildman–Crippen MR) is 97.7 cm³/mol. The van der Waals surface area contributed by atoms with Gasteiger partial charge in [-0.2, -0.15) is 0 Å². The van der Waals surface area contributed by atoms with Gasteiger partial charge in [-0.15, -0.1) is 0 Å². The van der Waals surface area contributed by atoms with E-state index in [1.807, 2.05) is 19.1 Å². The number of nitrogens with zero attached hydrogens (tertiary/aromatic N) is 1. The highest BCUT2D eigenvalue weighted by Gasteiger charge is 2.17. The van der Waals surface area contributed by atoms with Gasteiger partial charge in [0.25, 0.3) is 5.91 Å². The standard InChI is InChI=1S/C16H15IN2O5/c1-10-7-11(17)3-5-13(10)18-16(20)9-24-15-6-4-12(23-2)8-14(15)19(21)22/h3-8H,9H2,1-2H3,(H,18,20). The first kappa shape index (κ1) is 18.0. The van der Waals surface area contributed by atoms with Crippen molar-refractivity contribution in [2.75, 3.05) is 19.0 Å². The van der Waals surface area contributed by atoms with E-state index in [0.29, 0.717) is 11.4 Å². The summed E-state index contributed by atoms with van der Waals surface area (Å²) in [6.45, 7) is 1.55. The third kappa shape index (κ3) is 4.57. The molecule has 0 saturated carbocycles. The Bertz CT molecular complexity index is 779. The lowest BCUT2D eigenvalue weighted by Gasteiger charge is -2.10. The Balaban J connectivity index is 2.05. The number of nitro benzene ring substituents is 1. The van der Waals surface area contributed by atoms with Crippen LogP contribution in [0.2, 0.25) is 0 Å². The summed E-state index contributed by atoms with van der Waals surface area (Å²) >= 11 is 2.18. The number of nitrogens with one attached hydrogen (secondary N) is 1. The molecule has 0 aliphatic heterocycles. The second-order valence-electron chi connectivity index (χ2n) is 4.89. The molecule has 8 heteroatoms. The number of hydrogen-bond acceptors (Lipinski definition) is 5. The van der Waals surface area contributed by atoms with Gasteiger partial charge in [0.1, 0.15) is 5.75 Å². The molecule has 1 N–H and O–H groups in total. The van der Waals surface area contributed by atoms with Gasteiger partial charge in [0.2, 0.25) is 0 Å². The molecule has 0 aromatic heterocycles. The Kier molecular flexibility index (Phi) is 5.96. The SMILES string of the molecule is COc1ccc(OCC(=O)Nc2ccc(I)cc2C)c([N+](=O)[O-])c1. The van der Waals surface area contributed by atoms with E-state index < -0.39 is 10.8 Å². The Morgan fingerprint density at radius 1 is 1.29 bits per heavy atom. The van der Waals surface area contributed by atoms with Crippen molar-refractivity contribution in [3.05, 3.63) is 55.6 Å². The lowest BCUT2D eigenvalue weighted by molar-refractivity contribution is -0.385. The van der Waals surface area contributed by atoms with Crippen molar-refractivity contribution in [2.45, 2.75) is 6.92 Å². The number of rotatable bonds is 6. The minimum absolute atomic E-state index is 0.00952. The Hall–Kier alpha value is -2.36. The van der Waals surface area contributed by atoms with Crippen LogP contribution in [0.4, 0.5) is 11.4 Å². The van der Waals surface area contributed by atoms with E-state index in [4.69, 9.17) is 9.47 Å². The number of anilines is 1. The number of ether oxygens (including phenoxy) is 2. The number of carbonyl (C=O) groups excluding carboxylic acids is 1. The number of benzene rings is 2. The molecule has 126 valence electrons. The van der Waals surface area contributed by atoms with Crippen LogP contribution in [-0.4, -0.2) is 24.5 Å². The third-order valence-electron chi connectivity index (χ3n) is 3.18. The first-order valence-electron chi connectivity index (χ1n) is 6.92. The van der Waals surface area contributed by atoms with Crippen LogP contribution < -0.4 is 14.8 Å². The molecule has 0 aliphatic carbocycles. The molecule has 0 atom stereocenters. The Labute approximate surface area is 152 Å². The summed E-state index contributed by atoms with van der Waals surface area (Å²) in [6.07, 6.45) is 0. The fraction of sp³-hybridized carbons (Fsp3) is 0.188. The van der Waals surface area contributed by atoms with Gasteiger partial charge >= 0.3 is 5.69 Å². The summed E-state index contributed by atoms with van der Waals surface area (Å²) in [5, 5.41) is 13.8. The molecule has 2 aromatic rings. The van der Waals surface area contributed by atoms with Crippen LogP contribution in [0.1, 0.15) is 5.56 Å². The first-order chi connectivity index (χ1) is 11.4. The van der Waals surface area contributed by atoms with E-state index in [1.165, 1.54) is 25.3 Å². The summed E-state index contributed by atoms with van der Waals surface area (Å²) in [6, 6.07) is 9.79. The Morgan fingerprint density at radius 2 is 2.04 bits per heavy atom. The van der Waals surface area contributed by atoms with E-state index in [-0.39, 0.29) is 18.0 Å². The Morgan fingerprint density at radius 3 is 2.67 bits per heavy atom. The van der Waals surface area contributed by atoms with Crippen molar-refractivity contribution < 1.29 is 19.2 Å². The van der Waals surface area contributed by atoms with Gasteiger partial charge in [-0.3, -0.25) is 14.9 Å². The molecule has 0 unspecified atom stereocenters. The zero-order valence-electron chi connectivity index (χ0n) is 13.0. The fourth-order valence-electron chi connectivity index (χ4n) is 1.99. The summed E-state index contributed by atoms with van der Waals surface area (Å²) in [5.41, 5.74) is 1.34. The zero-order valence-corrected chi connectivity index (χ0v) is 15.2. The number of halogens is 1. The monoisotopic (exact) mass is 442 g/mol. The minimum atomic E-state index is -0.584. The van der Waals surface area contributed by atoms with E-state index in [2.05, 4.69) is 27.9 Å². The first-order valence-corrected chi connectivity index (χ1v) is 8.00. The third-order valence-corrected chi connectivity index (χ3v) is 3.86. The number of hydrogen-bond donors (Lipinski definition) is 1. The second-order valence-corrected chi connectivity index (χ2v) is 6.13. The summed E-state index contributed by atoms with van der Waals surface area (Å²) < 4.78 is 11.3. The van der Waals surface area contributed by atoms with Crippen LogP contribution in [0.3, 0.4) is 0 Å². The van der Waals surface area contributed by atoms with Gasteiger partial charge in [-0.25, -0.2) is 0 Å². The molecular formula is C16H15IN2O5. The van der Waals surface area contributed by atoms with Crippen molar-refractivity contribution >= 4 is 39.9 Å². The quantitative estimate of drug-likeness (QED) is 0.420. The molecule has 7 nitrogen and oxygen atoms in total. The molecule has 24 heavy (non-hydrogen) atoms. The van der Waals surface area contributed by atoms with E-state index in [1.54, 1.807) is 6.07 Å². The van der Waals surface area contributed by atoms with Gasteiger partial charge in [0, 0.05) is 9.26 Å². The van der Waals surface area contributed by atoms with Gasteiger partial charge in [0.15, 0.2) is 12.4 Å². The maximum atomic E-state index is 12.0. The summed E-state index contributed by atoms with van der Waals surface area (Å²) in [4.78, 5) is 22.5. The zero-order chi connectivity index (χ0) is 17.7. The van der Waals surface area contributed by atoms with Crippen LogP contribution in [0.5, 0.6) is 11.5 Å². The summed E-state index contributed by atoms with van der Waals surface area (Å²) in [7, 11) is 1.41. The molecule has 0 radical (unpaired) electrons. The van der Waals surface area contributed by atoms with Crippen LogP contribution in [0.15, 0.2) is 36.4 Å². The van der Waals surface area contributed by atoms with Crippen LogP contribution in [0.25, 0.3) is 0 Å². The molecule has 1 amide bonds. The molecule has 0 spiro atoms. The van der Waals surface area contributed by atoms with Gasteiger partial charge in [-0.05, 0) is 65.4 Å². The molecular weight excluding hydrogens is 427 g/mol. The van der Waals surface area contributed by atoms with Crippen molar-refractivity contribution in [1.82, 2.24) is 0 Å². The van der Waals surface area contributed by atoms with E-state index >= 15 is 0 Å². The normalized spacial score (nSPS) is 10.1. The average Bonchev–Trinajstić information content (AvgIpc) is 2.55. The highest BCUT2D eigenvalue weighted by atomic mass is 127. The number of aryl methyl sites for hydroxylation is 1. The van der Waals surface area contributed by atoms with Gasteiger partial charge < -0.3 is 14.8 Å². The number of amides is 1. The number of nitro groups is 1. The minimum Gasteiger partial charge on any atom is -0.496 e. The van der Waals surface area contributed by atoms with Gasteiger partial charge in [0.05, 0.1) is 18.1 Å². The maximum absolute atomic E-state index is 12.0. The average molecular weight is 442 g/mol. The highest BCUT2D eigenvalue weighted by molar-refractivity contribution is 14.1. The van der Waals surface area contributed by atoms with E-state index in [0.717, 1.165) is 9.13 Å². The predicted octanol–water partition coefficient (Wildman–Crippen LogP) is 3.53. The fourth-order valence-corrected chi connectivity index (χ4v) is 2.63. The molecule has 2 rings (SSSR count). The highest BCUT2D eigenvalue weighted by Crippen LogP contribution is 2.31. The lowest BCUT2D eigenvalue weighted by Crippen LogP contribution is -2.21. The molecule has 0 aliphatic rings. The van der Waals surface area contributed by atoms with E-state index in [9.17, 15) is 14.9 Å². The molecule has 0 bridgehead atoms. The smallest absolute Gasteiger partial charge is 0.314 e. The number of methoxy groups -OCH3 is 1. The van der Waals surface area contributed by atoms with Crippen LogP contribution >= 0.6 is 22.6 Å². The van der Waals surface area contributed by atoms with Crippen molar-refractivity contribution in [3.63, 3.8) is 0 Å². The summed E-state index contributed by atoms with van der Waals surface area (Å²) in [5.74, 6) is -0.0484. The number of carbonyl (C=O) groups is 1. The van der Waals surface area contributed by atoms with Gasteiger partial charge in [-0.1, -0.05) is 0 Å². The van der Waals surface area contributed by atoms with Crippen molar-refractivity contribution in [3.8, 4) is 11.5 Å². The van der Waals surface area contributed by atoms with Crippen LogP contribution in [0, 0.1) is 20.6 Å². The van der Waals surface area contributed by atoms with Crippen molar-refractivity contribution in [2.24, 2.45) is 0 Å². The maximum Gasteiger partial charge on any atom is 0.314 e.